The van der Waals surface area contributed by atoms with Crippen LogP contribution in [0.3, 0.4) is 0 Å². The maximum absolute atomic E-state index is 5.01. The molecule has 28 heavy (non-hydrogen) atoms. The maximum atomic E-state index is 5.01. The average Bonchev–Trinajstić information content (AvgIpc) is 3.07. The van der Waals surface area contributed by atoms with Crippen LogP contribution in [0.5, 0.6) is 0 Å². The fourth-order valence-corrected chi connectivity index (χ4v) is 4.01. The fraction of sp³-hybridized carbons (Fsp3) is 0.208. The molecule has 0 bridgehead atoms. The van der Waals surface area contributed by atoms with Gasteiger partial charge in [0.2, 0.25) is 0 Å². The molecule has 0 N–H and O–H groups in total. The van der Waals surface area contributed by atoms with E-state index in [1.54, 1.807) is 6.20 Å². The number of aryl methyl sites for hydroxylation is 4. The Kier molecular flexibility index (Phi) is 4.05. The molecule has 0 aliphatic heterocycles. The van der Waals surface area contributed by atoms with Crippen LogP contribution in [0.25, 0.3) is 27.5 Å². The average molecular weight is 366 g/mol. The molecule has 0 aliphatic rings. The number of aromatic nitrogens is 4. The highest BCUT2D eigenvalue weighted by Gasteiger charge is 2.12. The van der Waals surface area contributed by atoms with E-state index in [9.17, 15) is 0 Å². The van der Waals surface area contributed by atoms with Crippen molar-refractivity contribution in [2.75, 3.05) is 0 Å². The summed E-state index contributed by atoms with van der Waals surface area (Å²) in [6.45, 7) is 4.35. The Labute approximate surface area is 163 Å². The highest BCUT2D eigenvalue weighted by Crippen LogP contribution is 2.25. The quantitative estimate of drug-likeness (QED) is 0.445. The lowest BCUT2D eigenvalue weighted by Gasteiger charge is -2.06. The molecule has 138 valence electrons. The van der Waals surface area contributed by atoms with Gasteiger partial charge in [0.25, 0.3) is 0 Å². The van der Waals surface area contributed by atoms with E-state index in [1.165, 1.54) is 22.0 Å². The van der Waals surface area contributed by atoms with Gasteiger partial charge in [-0.1, -0.05) is 25.1 Å². The van der Waals surface area contributed by atoms with E-state index in [2.05, 4.69) is 65.8 Å². The first-order valence-electron chi connectivity index (χ1n) is 9.83. The molecule has 0 amide bonds. The summed E-state index contributed by atoms with van der Waals surface area (Å²) in [5.41, 5.74) is 6.63. The van der Waals surface area contributed by atoms with Crippen LogP contribution in [0.2, 0.25) is 0 Å². The molecule has 4 heteroatoms. The van der Waals surface area contributed by atoms with Crippen LogP contribution in [-0.4, -0.2) is 19.4 Å². The van der Waals surface area contributed by atoms with E-state index < -0.39 is 0 Å². The maximum Gasteiger partial charge on any atom is 0.159 e. The van der Waals surface area contributed by atoms with Crippen LogP contribution in [-0.2, 0) is 19.3 Å². The lowest BCUT2D eigenvalue weighted by Crippen LogP contribution is -1.98. The number of fused-ring (bicyclic) bond motifs is 4. The van der Waals surface area contributed by atoms with Crippen molar-refractivity contribution in [2.24, 2.45) is 0 Å². The van der Waals surface area contributed by atoms with Gasteiger partial charge in [-0.25, -0.2) is 15.0 Å². The third-order valence-electron chi connectivity index (χ3n) is 5.60. The molecular formula is C24H22N4. The fourth-order valence-electron chi connectivity index (χ4n) is 4.01. The van der Waals surface area contributed by atoms with Crippen molar-refractivity contribution in [2.45, 2.75) is 33.1 Å². The lowest BCUT2D eigenvalue weighted by molar-refractivity contribution is 0.882. The second-order valence-electron chi connectivity index (χ2n) is 7.24. The van der Waals surface area contributed by atoms with E-state index in [4.69, 9.17) is 9.97 Å². The summed E-state index contributed by atoms with van der Waals surface area (Å²) in [4.78, 5) is 14.1. The zero-order valence-corrected chi connectivity index (χ0v) is 16.2. The third kappa shape index (κ3) is 2.73. The summed E-state index contributed by atoms with van der Waals surface area (Å²) in [5.74, 6) is 0. The molecule has 0 atom stereocenters. The second-order valence-corrected chi connectivity index (χ2v) is 7.24. The minimum atomic E-state index is 0.810. The van der Waals surface area contributed by atoms with Gasteiger partial charge in [0.1, 0.15) is 5.65 Å². The Morgan fingerprint density at radius 3 is 2.71 bits per heavy atom. The first-order valence-corrected chi connectivity index (χ1v) is 9.83. The van der Waals surface area contributed by atoms with Gasteiger partial charge in [-0.2, -0.15) is 0 Å². The molecule has 5 rings (SSSR count). The monoisotopic (exact) mass is 366 g/mol. The van der Waals surface area contributed by atoms with Crippen LogP contribution in [0.15, 0.2) is 60.9 Å². The number of rotatable bonds is 4. The molecule has 4 aromatic heterocycles. The summed E-state index contributed by atoms with van der Waals surface area (Å²) in [5, 5.41) is 3.61. The van der Waals surface area contributed by atoms with Crippen LogP contribution < -0.4 is 0 Å². The Hall–Kier alpha value is -3.27. The zero-order valence-electron chi connectivity index (χ0n) is 16.2. The lowest BCUT2D eigenvalue weighted by atomic mass is 10.0. The van der Waals surface area contributed by atoms with E-state index >= 15 is 0 Å². The Morgan fingerprint density at radius 2 is 1.82 bits per heavy atom. The molecule has 0 radical (unpaired) electrons. The van der Waals surface area contributed by atoms with Gasteiger partial charge >= 0.3 is 0 Å². The van der Waals surface area contributed by atoms with Gasteiger partial charge in [-0.05, 0) is 67.5 Å². The summed E-state index contributed by atoms with van der Waals surface area (Å²) < 4.78 is 2.21. The Morgan fingerprint density at radius 1 is 0.893 bits per heavy atom. The van der Waals surface area contributed by atoms with Gasteiger partial charge in [0, 0.05) is 34.6 Å². The second kappa shape index (κ2) is 6.71. The first-order chi connectivity index (χ1) is 13.7. The number of benzene rings is 1. The van der Waals surface area contributed by atoms with Crippen molar-refractivity contribution < 1.29 is 0 Å². The molecule has 0 aliphatic carbocycles. The molecule has 1 aromatic carbocycles. The Balaban J connectivity index is 1.51. The summed E-state index contributed by atoms with van der Waals surface area (Å²) in [6, 6.07) is 16.9. The minimum Gasteiger partial charge on any atom is -0.304 e. The molecule has 0 saturated heterocycles. The molecule has 0 fully saturated rings. The minimum absolute atomic E-state index is 0.810. The summed E-state index contributed by atoms with van der Waals surface area (Å²) in [6.07, 6.45) is 6.70. The van der Waals surface area contributed by atoms with E-state index in [-0.39, 0.29) is 0 Å². The van der Waals surface area contributed by atoms with Gasteiger partial charge in [0.05, 0.1) is 5.69 Å². The number of hydrogen-bond acceptors (Lipinski definition) is 3. The van der Waals surface area contributed by atoms with Crippen molar-refractivity contribution in [3.05, 3.63) is 83.6 Å². The number of imidazole rings is 1. The van der Waals surface area contributed by atoms with Crippen LogP contribution in [0.4, 0.5) is 0 Å². The van der Waals surface area contributed by atoms with Crippen molar-refractivity contribution in [3.8, 4) is 0 Å². The predicted octanol–water partition coefficient (Wildman–Crippen LogP) is 5.09. The van der Waals surface area contributed by atoms with Crippen molar-refractivity contribution in [1.29, 1.82) is 0 Å². The highest BCUT2D eigenvalue weighted by molar-refractivity contribution is 5.96. The Bertz CT molecular complexity index is 1320. The predicted molar refractivity (Wildman–Crippen MR) is 114 cm³/mol. The molecule has 0 unspecified atom stereocenters. The molecular weight excluding hydrogens is 344 g/mol. The normalized spacial score (nSPS) is 11.6. The van der Waals surface area contributed by atoms with E-state index in [1.807, 2.05) is 12.1 Å². The van der Waals surface area contributed by atoms with Crippen LogP contribution >= 0.6 is 0 Å². The summed E-state index contributed by atoms with van der Waals surface area (Å²) in [7, 11) is 0. The molecule has 4 nitrogen and oxygen atoms in total. The largest absolute Gasteiger partial charge is 0.304 e. The summed E-state index contributed by atoms with van der Waals surface area (Å²) >= 11 is 0. The van der Waals surface area contributed by atoms with Gasteiger partial charge < -0.3 is 4.40 Å². The topological polar surface area (TPSA) is 43.1 Å². The number of nitrogens with zero attached hydrogens (tertiary/aromatic N) is 4. The van der Waals surface area contributed by atoms with Crippen molar-refractivity contribution in [3.63, 3.8) is 0 Å². The van der Waals surface area contributed by atoms with Crippen LogP contribution in [0, 0.1) is 6.92 Å². The molecule has 4 heterocycles. The zero-order chi connectivity index (χ0) is 19.1. The number of pyridine rings is 3. The molecule has 0 spiro atoms. The van der Waals surface area contributed by atoms with Gasteiger partial charge in [-0.3, -0.25) is 0 Å². The van der Waals surface area contributed by atoms with Gasteiger partial charge in [-0.15, -0.1) is 0 Å². The SMILES string of the molecule is CCc1cccc2c1ccn1c(C)c(CCc3ccc4cccnc4n3)nc21. The third-order valence-corrected chi connectivity index (χ3v) is 5.60. The highest BCUT2D eigenvalue weighted by atomic mass is 15.0. The molecule has 5 aromatic rings. The number of hydrogen-bond donors (Lipinski definition) is 0. The van der Waals surface area contributed by atoms with Gasteiger partial charge in [0.15, 0.2) is 5.65 Å². The smallest absolute Gasteiger partial charge is 0.159 e. The van der Waals surface area contributed by atoms with E-state index in [0.29, 0.717) is 0 Å². The van der Waals surface area contributed by atoms with Crippen molar-refractivity contribution >= 4 is 27.5 Å². The van der Waals surface area contributed by atoms with Crippen molar-refractivity contribution in [1.82, 2.24) is 19.4 Å². The first kappa shape index (κ1) is 16.9. The van der Waals surface area contributed by atoms with Crippen LogP contribution in [0.1, 0.15) is 29.6 Å². The standard InChI is InChI=1S/C24H22N4/c1-3-17-6-4-8-21-20(17)13-15-28-16(2)22(27-24(21)28)12-11-19-10-9-18-7-5-14-25-23(18)26-19/h4-10,13-15H,3,11-12H2,1-2H3. The molecule has 0 saturated carbocycles. The van der Waals surface area contributed by atoms with E-state index in [0.717, 1.165) is 47.3 Å².